The molecular weight excluding hydrogens is 292 g/mol. The number of nitrogens with zero attached hydrogens (tertiary/aromatic N) is 2. The number of piperidine rings is 1. The van der Waals surface area contributed by atoms with Crippen molar-refractivity contribution in [3.8, 4) is 0 Å². The highest BCUT2D eigenvalue weighted by Gasteiger charge is 2.61. The lowest BCUT2D eigenvalue weighted by molar-refractivity contribution is -0.152. The summed E-state index contributed by atoms with van der Waals surface area (Å²) in [4.78, 5) is 41.8. The van der Waals surface area contributed by atoms with Crippen molar-refractivity contribution in [2.75, 3.05) is 13.1 Å². The maximum atomic E-state index is 12.9. The first-order chi connectivity index (χ1) is 11.1. The number of rotatable bonds is 3. The lowest BCUT2D eigenvalue weighted by Gasteiger charge is -2.33. The first-order valence-corrected chi connectivity index (χ1v) is 8.97. The summed E-state index contributed by atoms with van der Waals surface area (Å²) in [5, 5.41) is 0. The molecule has 23 heavy (non-hydrogen) atoms. The van der Waals surface area contributed by atoms with Gasteiger partial charge in [-0.3, -0.25) is 19.3 Å². The minimum Gasteiger partial charge on any atom is -0.341 e. The number of hydrogen-bond donors (Lipinski definition) is 0. The molecule has 4 aliphatic rings. The first-order valence-electron chi connectivity index (χ1n) is 8.97. The number of carbonyl (C=O) groups excluding carboxylic acids is 3. The van der Waals surface area contributed by atoms with Gasteiger partial charge in [-0.2, -0.15) is 0 Å². The molecule has 2 bridgehead atoms. The van der Waals surface area contributed by atoms with E-state index in [-0.39, 0.29) is 41.4 Å². The summed E-state index contributed by atoms with van der Waals surface area (Å²) in [6.07, 6.45) is 8.81. The second-order valence-electron chi connectivity index (χ2n) is 7.36. The molecule has 0 N–H and O–H groups in total. The second kappa shape index (κ2) is 5.46. The van der Waals surface area contributed by atoms with E-state index in [0.29, 0.717) is 6.42 Å². The molecule has 3 fully saturated rings. The lowest BCUT2D eigenvalue weighted by Crippen LogP contribution is -2.52. The van der Waals surface area contributed by atoms with Gasteiger partial charge in [0.1, 0.15) is 6.04 Å². The monoisotopic (exact) mass is 316 g/mol. The molecule has 2 aliphatic heterocycles. The zero-order valence-corrected chi connectivity index (χ0v) is 13.6. The number of imide groups is 1. The quantitative estimate of drug-likeness (QED) is 0.587. The molecule has 0 aromatic carbocycles. The van der Waals surface area contributed by atoms with Gasteiger partial charge < -0.3 is 4.90 Å². The summed E-state index contributed by atoms with van der Waals surface area (Å²) in [6, 6.07) is -0.599. The number of amides is 3. The van der Waals surface area contributed by atoms with Crippen molar-refractivity contribution in [1.29, 1.82) is 0 Å². The molecule has 0 aromatic rings. The molecule has 5 atom stereocenters. The molecule has 1 saturated carbocycles. The van der Waals surface area contributed by atoms with Crippen LogP contribution in [0.4, 0.5) is 0 Å². The highest BCUT2D eigenvalue weighted by molar-refractivity contribution is 6.09. The Labute approximate surface area is 136 Å². The van der Waals surface area contributed by atoms with E-state index in [9.17, 15) is 14.4 Å². The second-order valence-corrected chi connectivity index (χ2v) is 7.36. The van der Waals surface area contributed by atoms with E-state index in [1.807, 2.05) is 11.8 Å². The van der Waals surface area contributed by atoms with Gasteiger partial charge in [0.25, 0.3) is 0 Å². The smallest absolute Gasteiger partial charge is 0.245 e. The molecule has 124 valence electrons. The van der Waals surface area contributed by atoms with Gasteiger partial charge in [-0.25, -0.2) is 0 Å². The summed E-state index contributed by atoms with van der Waals surface area (Å²) in [5.74, 6) is -0.248. The normalized spacial score (nSPS) is 36.7. The van der Waals surface area contributed by atoms with Crippen molar-refractivity contribution in [1.82, 2.24) is 9.80 Å². The largest absolute Gasteiger partial charge is 0.341 e. The Morgan fingerprint density at radius 2 is 1.65 bits per heavy atom. The van der Waals surface area contributed by atoms with Crippen LogP contribution in [0, 0.1) is 23.7 Å². The molecule has 5 nitrogen and oxygen atoms in total. The van der Waals surface area contributed by atoms with Crippen molar-refractivity contribution in [2.45, 2.75) is 45.1 Å². The van der Waals surface area contributed by atoms with Gasteiger partial charge in [-0.1, -0.05) is 19.1 Å². The maximum absolute atomic E-state index is 12.9. The Morgan fingerprint density at radius 3 is 2.17 bits per heavy atom. The molecule has 2 saturated heterocycles. The fourth-order valence-electron chi connectivity index (χ4n) is 5.03. The predicted molar refractivity (Wildman–Crippen MR) is 84.1 cm³/mol. The van der Waals surface area contributed by atoms with Gasteiger partial charge in [0.15, 0.2) is 0 Å². The third-order valence-electron chi connectivity index (χ3n) is 6.16. The Bertz CT molecular complexity index is 549. The van der Waals surface area contributed by atoms with E-state index < -0.39 is 6.04 Å². The molecule has 0 radical (unpaired) electrons. The molecule has 0 aromatic heterocycles. The van der Waals surface area contributed by atoms with Crippen LogP contribution in [0.2, 0.25) is 0 Å². The standard InChI is InChI=1S/C18H24N2O3/c1-2-13(16(21)19-8-4-3-5-9-19)20-17(22)14-11-6-7-12(10-11)15(14)18(20)23/h6-7,11-15H,2-5,8-10H2,1H3. The lowest BCUT2D eigenvalue weighted by atomic mass is 9.85. The highest BCUT2D eigenvalue weighted by atomic mass is 16.2. The van der Waals surface area contributed by atoms with Crippen molar-refractivity contribution >= 4 is 17.7 Å². The Hall–Kier alpha value is -1.65. The van der Waals surface area contributed by atoms with Crippen LogP contribution >= 0.6 is 0 Å². The fraction of sp³-hybridized carbons (Fsp3) is 0.722. The zero-order chi connectivity index (χ0) is 16.1. The van der Waals surface area contributed by atoms with Crippen molar-refractivity contribution in [2.24, 2.45) is 23.7 Å². The van der Waals surface area contributed by atoms with E-state index in [1.165, 1.54) is 4.90 Å². The molecular formula is C18H24N2O3. The topological polar surface area (TPSA) is 57.7 Å². The van der Waals surface area contributed by atoms with E-state index in [2.05, 4.69) is 12.2 Å². The van der Waals surface area contributed by atoms with Crippen LogP contribution in [0.25, 0.3) is 0 Å². The fourth-order valence-corrected chi connectivity index (χ4v) is 5.03. The van der Waals surface area contributed by atoms with Crippen LogP contribution in [0.1, 0.15) is 39.0 Å². The Morgan fingerprint density at radius 1 is 1.09 bits per heavy atom. The van der Waals surface area contributed by atoms with Crippen LogP contribution in [-0.2, 0) is 14.4 Å². The van der Waals surface area contributed by atoms with Crippen molar-refractivity contribution in [3.63, 3.8) is 0 Å². The maximum Gasteiger partial charge on any atom is 0.245 e. The SMILES string of the molecule is CCC(C(=O)N1CCCCC1)N1C(=O)C2C3C=CC(C3)C2C1=O. The third kappa shape index (κ3) is 2.08. The third-order valence-corrected chi connectivity index (χ3v) is 6.16. The Balaban J connectivity index is 1.57. The molecule has 5 unspecified atom stereocenters. The van der Waals surface area contributed by atoms with Gasteiger partial charge in [-0.15, -0.1) is 0 Å². The number of likely N-dealkylation sites (tertiary alicyclic amines) is 2. The van der Waals surface area contributed by atoms with Crippen LogP contribution in [-0.4, -0.2) is 46.7 Å². The number of allylic oxidation sites excluding steroid dienone is 2. The minimum atomic E-state index is -0.599. The molecule has 5 heteroatoms. The van der Waals surface area contributed by atoms with Crippen LogP contribution in [0.5, 0.6) is 0 Å². The number of fused-ring (bicyclic) bond motifs is 5. The van der Waals surface area contributed by atoms with Gasteiger partial charge >= 0.3 is 0 Å². The number of hydrogen-bond acceptors (Lipinski definition) is 3. The van der Waals surface area contributed by atoms with Crippen molar-refractivity contribution in [3.05, 3.63) is 12.2 Å². The van der Waals surface area contributed by atoms with E-state index in [0.717, 1.165) is 38.8 Å². The molecule has 0 spiro atoms. The van der Waals surface area contributed by atoms with Gasteiger partial charge in [0.2, 0.25) is 17.7 Å². The van der Waals surface area contributed by atoms with Crippen LogP contribution < -0.4 is 0 Å². The van der Waals surface area contributed by atoms with E-state index in [1.54, 1.807) is 0 Å². The van der Waals surface area contributed by atoms with Crippen LogP contribution in [0.3, 0.4) is 0 Å². The summed E-state index contributed by atoms with van der Waals surface area (Å²) >= 11 is 0. The molecule has 3 amide bonds. The van der Waals surface area contributed by atoms with Gasteiger partial charge in [-0.05, 0) is 43.9 Å². The predicted octanol–water partition coefficient (Wildman–Crippen LogP) is 1.58. The molecule has 2 heterocycles. The Kier molecular flexibility index (Phi) is 3.54. The summed E-state index contributed by atoms with van der Waals surface area (Å²) < 4.78 is 0. The van der Waals surface area contributed by atoms with E-state index in [4.69, 9.17) is 0 Å². The average molecular weight is 316 g/mol. The molecule has 2 aliphatic carbocycles. The van der Waals surface area contributed by atoms with Crippen LogP contribution in [0.15, 0.2) is 12.2 Å². The minimum absolute atomic E-state index is 0.0332. The summed E-state index contributed by atoms with van der Waals surface area (Å²) in [5.41, 5.74) is 0. The van der Waals surface area contributed by atoms with E-state index >= 15 is 0 Å². The summed E-state index contributed by atoms with van der Waals surface area (Å²) in [7, 11) is 0. The highest BCUT2D eigenvalue weighted by Crippen LogP contribution is 2.53. The molecule has 4 rings (SSSR count). The number of carbonyl (C=O) groups is 3. The van der Waals surface area contributed by atoms with Crippen molar-refractivity contribution < 1.29 is 14.4 Å². The zero-order valence-electron chi connectivity index (χ0n) is 13.6. The summed E-state index contributed by atoms with van der Waals surface area (Å²) in [6.45, 7) is 3.41. The van der Waals surface area contributed by atoms with Gasteiger partial charge in [0.05, 0.1) is 11.8 Å². The van der Waals surface area contributed by atoms with Gasteiger partial charge in [0, 0.05) is 13.1 Å². The average Bonchev–Trinajstić information content (AvgIpc) is 3.25. The first kappa shape index (κ1) is 14.9.